The predicted molar refractivity (Wildman–Crippen MR) is 53.9 cm³/mol. The van der Waals surface area contributed by atoms with Crippen LogP contribution in [0.15, 0.2) is 4.60 Å². The number of rotatable bonds is 1. The largest absolute Gasteiger partial charge is 0.372 e. The molecule has 2 aromatic heterocycles. The molecule has 2 aromatic rings. The second-order valence-corrected chi connectivity index (χ2v) is 3.46. The number of aromatic nitrogens is 4. The summed E-state index contributed by atoms with van der Waals surface area (Å²) in [5.41, 5.74) is 0.538. The summed E-state index contributed by atoms with van der Waals surface area (Å²) < 4.78 is 0.739. The average molecular weight is 262 g/mol. The maximum atomic E-state index is 5.68. The number of aromatic amines is 1. The lowest BCUT2D eigenvalue weighted by Crippen LogP contribution is -1.95. The van der Waals surface area contributed by atoms with Gasteiger partial charge in [0.25, 0.3) is 0 Å². The van der Waals surface area contributed by atoms with Crippen LogP contribution in [0.3, 0.4) is 0 Å². The summed E-state index contributed by atoms with van der Waals surface area (Å²) in [6, 6.07) is 0. The van der Waals surface area contributed by atoms with Gasteiger partial charge in [-0.05, 0) is 27.5 Å². The molecule has 0 fully saturated rings. The molecular formula is C6H5BrClN5. The fraction of sp³-hybridized carbons (Fsp3) is 0.167. The molecule has 0 saturated heterocycles. The summed E-state index contributed by atoms with van der Waals surface area (Å²) >= 11 is 8.98. The minimum Gasteiger partial charge on any atom is -0.372 e. The molecule has 0 unspecified atom stereocenters. The number of nitrogens with zero attached hydrogens (tertiary/aromatic N) is 3. The maximum Gasteiger partial charge on any atom is 0.226 e. The van der Waals surface area contributed by atoms with Crippen molar-refractivity contribution in [1.29, 1.82) is 0 Å². The van der Waals surface area contributed by atoms with E-state index in [1.165, 1.54) is 0 Å². The Morgan fingerprint density at radius 3 is 2.92 bits per heavy atom. The van der Waals surface area contributed by atoms with Crippen molar-refractivity contribution in [3.05, 3.63) is 9.89 Å². The Labute approximate surface area is 87.0 Å². The smallest absolute Gasteiger partial charge is 0.226 e. The molecule has 0 bridgehead atoms. The van der Waals surface area contributed by atoms with Crippen LogP contribution < -0.4 is 5.32 Å². The number of anilines is 1. The van der Waals surface area contributed by atoms with E-state index < -0.39 is 0 Å². The summed E-state index contributed by atoms with van der Waals surface area (Å²) in [7, 11) is 1.76. The zero-order chi connectivity index (χ0) is 9.42. The van der Waals surface area contributed by atoms with E-state index in [-0.39, 0.29) is 5.28 Å². The van der Waals surface area contributed by atoms with Crippen LogP contribution in [0, 0.1) is 0 Å². The third kappa shape index (κ3) is 1.36. The van der Waals surface area contributed by atoms with Gasteiger partial charge in [-0.1, -0.05) is 0 Å². The van der Waals surface area contributed by atoms with E-state index in [0.29, 0.717) is 11.5 Å². The average Bonchev–Trinajstić information content (AvgIpc) is 2.46. The number of nitrogens with one attached hydrogen (secondary N) is 2. The summed E-state index contributed by atoms with van der Waals surface area (Å²) in [6.07, 6.45) is 0. The molecule has 0 saturated carbocycles. The molecule has 0 amide bonds. The van der Waals surface area contributed by atoms with Crippen molar-refractivity contribution >= 4 is 44.4 Å². The molecule has 68 valence electrons. The van der Waals surface area contributed by atoms with Gasteiger partial charge in [0, 0.05) is 7.05 Å². The van der Waals surface area contributed by atoms with Crippen LogP contribution in [0.5, 0.6) is 0 Å². The van der Waals surface area contributed by atoms with E-state index in [2.05, 4.69) is 41.4 Å². The lowest BCUT2D eigenvalue weighted by atomic mass is 10.4. The van der Waals surface area contributed by atoms with Crippen LogP contribution in [0.25, 0.3) is 11.0 Å². The first-order valence-corrected chi connectivity index (χ1v) is 4.64. The molecule has 2 rings (SSSR count). The Hall–Kier alpha value is -0.880. The van der Waals surface area contributed by atoms with Gasteiger partial charge < -0.3 is 5.32 Å². The van der Waals surface area contributed by atoms with Crippen LogP contribution in [0.2, 0.25) is 5.28 Å². The summed E-state index contributed by atoms with van der Waals surface area (Å²) in [5.74, 6) is 0.649. The lowest BCUT2D eigenvalue weighted by Gasteiger charge is -1.99. The minimum atomic E-state index is 0.177. The lowest BCUT2D eigenvalue weighted by molar-refractivity contribution is 1.07. The number of H-pyrrole nitrogens is 1. The number of fused-ring (bicyclic) bond motifs is 1. The minimum absolute atomic E-state index is 0.177. The Kier molecular flexibility index (Phi) is 2.09. The highest BCUT2D eigenvalue weighted by atomic mass is 79.9. The summed E-state index contributed by atoms with van der Waals surface area (Å²) in [6.45, 7) is 0. The zero-order valence-corrected chi connectivity index (χ0v) is 8.94. The fourth-order valence-corrected chi connectivity index (χ4v) is 1.66. The van der Waals surface area contributed by atoms with E-state index in [4.69, 9.17) is 11.6 Å². The molecule has 7 heteroatoms. The van der Waals surface area contributed by atoms with Gasteiger partial charge in [-0.25, -0.2) is 0 Å². The van der Waals surface area contributed by atoms with Gasteiger partial charge in [0.1, 0.15) is 10.4 Å². The molecule has 0 radical (unpaired) electrons. The van der Waals surface area contributed by atoms with Gasteiger partial charge >= 0.3 is 0 Å². The van der Waals surface area contributed by atoms with Crippen molar-refractivity contribution in [2.45, 2.75) is 0 Å². The Morgan fingerprint density at radius 2 is 2.23 bits per heavy atom. The highest BCUT2D eigenvalue weighted by Gasteiger charge is 2.11. The number of hydrogen-bond acceptors (Lipinski definition) is 4. The Balaban J connectivity index is 2.85. The van der Waals surface area contributed by atoms with Crippen LogP contribution in [-0.4, -0.2) is 27.2 Å². The zero-order valence-electron chi connectivity index (χ0n) is 6.60. The van der Waals surface area contributed by atoms with Crippen molar-refractivity contribution in [3.63, 3.8) is 0 Å². The second kappa shape index (κ2) is 3.12. The summed E-state index contributed by atoms with van der Waals surface area (Å²) in [5, 5.41) is 10.6. The molecule has 0 aliphatic heterocycles. The van der Waals surface area contributed by atoms with E-state index in [9.17, 15) is 0 Å². The van der Waals surface area contributed by atoms with Gasteiger partial charge in [-0.15, -0.1) is 0 Å². The highest BCUT2D eigenvalue weighted by Crippen LogP contribution is 2.26. The Morgan fingerprint density at radius 1 is 1.46 bits per heavy atom. The van der Waals surface area contributed by atoms with E-state index in [1.807, 2.05) is 0 Å². The number of hydrogen-bond donors (Lipinski definition) is 2. The molecule has 2 N–H and O–H groups in total. The number of halogens is 2. The highest BCUT2D eigenvalue weighted by molar-refractivity contribution is 9.10. The third-order valence-corrected chi connectivity index (χ3v) is 2.32. The molecule has 0 aliphatic carbocycles. The van der Waals surface area contributed by atoms with Crippen molar-refractivity contribution in [1.82, 2.24) is 20.2 Å². The molecule has 2 heterocycles. The van der Waals surface area contributed by atoms with Gasteiger partial charge in [0.15, 0.2) is 5.65 Å². The van der Waals surface area contributed by atoms with Crippen LogP contribution >= 0.6 is 27.5 Å². The van der Waals surface area contributed by atoms with Gasteiger partial charge in [0.2, 0.25) is 5.28 Å². The van der Waals surface area contributed by atoms with E-state index in [1.54, 1.807) is 7.05 Å². The van der Waals surface area contributed by atoms with Gasteiger partial charge in [0.05, 0.1) is 5.39 Å². The topological polar surface area (TPSA) is 66.5 Å². The van der Waals surface area contributed by atoms with Crippen LogP contribution in [0.1, 0.15) is 0 Å². The Bertz CT molecular complexity index is 453. The molecule has 13 heavy (non-hydrogen) atoms. The molecule has 0 aliphatic rings. The standard InChI is InChI=1S/C6H5BrClN5/c1-9-4-2-3(7)12-13-5(2)11-6(8)10-4/h1H3,(H2,9,10,11,12,13). The molecule has 5 nitrogen and oxygen atoms in total. The third-order valence-electron chi connectivity index (χ3n) is 1.58. The summed E-state index contributed by atoms with van der Waals surface area (Å²) in [4.78, 5) is 7.95. The second-order valence-electron chi connectivity index (χ2n) is 2.33. The predicted octanol–water partition coefficient (Wildman–Crippen LogP) is 1.81. The first-order chi connectivity index (χ1) is 6.22. The van der Waals surface area contributed by atoms with Crippen LogP contribution in [0.4, 0.5) is 5.82 Å². The molecule has 0 atom stereocenters. The first-order valence-electron chi connectivity index (χ1n) is 3.47. The quantitative estimate of drug-likeness (QED) is 0.769. The first kappa shape index (κ1) is 8.71. The SMILES string of the molecule is CNc1nc(Cl)nc2n[nH]c(Br)c12. The van der Waals surface area contributed by atoms with Gasteiger partial charge in [-0.3, -0.25) is 5.10 Å². The fourth-order valence-electron chi connectivity index (χ4n) is 1.04. The van der Waals surface area contributed by atoms with Crippen molar-refractivity contribution < 1.29 is 0 Å². The molecule has 0 spiro atoms. The van der Waals surface area contributed by atoms with Gasteiger partial charge in [-0.2, -0.15) is 15.1 Å². The van der Waals surface area contributed by atoms with E-state index in [0.717, 1.165) is 9.99 Å². The van der Waals surface area contributed by atoms with E-state index >= 15 is 0 Å². The maximum absolute atomic E-state index is 5.68. The van der Waals surface area contributed by atoms with Crippen molar-refractivity contribution in [2.75, 3.05) is 12.4 Å². The normalized spacial score (nSPS) is 10.7. The van der Waals surface area contributed by atoms with Crippen LogP contribution in [-0.2, 0) is 0 Å². The van der Waals surface area contributed by atoms with Crippen molar-refractivity contribution in [2.24, 2.45) is 0 Å². The molecular weight excluding hydrogens is 257 g/mol. The molecule has 0 aromatic carbocycles. The monoisotopic (exact) mass is 261 g/mol. The van der Waals surface area contributed by atoms with Crippen molar-refractivity contribution in [3.8, 4) is 0 Å².